The molecule has 1 aromatic heterocycles. The Balaban J connectivity index is 1.59. The van der Waals surface area contributed by atoms with E-state index in [-0.39, 0.29) is 18.0 Å². The van der Waals surface area contributed by atoms with Crippen molar-refractivity contribution in [1.29, 1.82) is 0 Å². The van der Waals surface area contributed by atoms with E-state index in [1.54, 1.807) is 11.3 Å². The number of thiophene rings is 1. The van der Waals surface area contributed by atoms with Gasteiger partial charge in [0.05, 0.1) is 6.04 Å². The summed E-state index contributed by atoms with van der Waals surface area (Å²) in [6.07, 6.45) is 2.43. The molecule has 0 spiro atoms. The monoisotopic (exact) mass is 295 g/mol. The van der Waals surface area contributed by atoms with E-state index < -0.39 is 0 Å². The van der Waals surface area contributed by atoms with Gasteiger partial charge in [0.25, 0.3) is 0 Å². The number of amides is 3. The zero-order chi connectivity index (χ0) is 14.4. The van der Waals surface area contributed by atoms with E-state index in [9.17, 15) is 9.59 Å². The zero-order valence-electron chi connectivity index (χ0n) is 11.7. The van der Waals surface area contributed by atoms with Crippen molar-refractivity contribution in [1.82, 2.24) is 15.5 Å². The molecule has 1 atom stereocenters. The maximum atomic E-state index is 11.7. The Labute approximate surface area is 123 Å². The van der Waals surface area contributed by atoms with Crippen LogP contribution in [0.4, 0.5) is 4.79 Å². The van der Waals surface area contributed by atoms with Gasteiger partial charge in [0.2, 0.25) is 5.91 Å². The highest BCUT2D eigenvalue weighted by Crippen LogP contribution is 2.17. The summed E-state index contributed by atoms with van der Waals surface area (Å²) < 4.78 is 0. The molecule has 0 radical (unpaired) electrons. The van der Waals surface area contributed by atoms with E-state index in [0.717, 1.165) is 30.8 Å². The molecule has 0 saturated carbocycles. The molecule has 110 valence electrons. The Hall–Kier alpha value is -1.56. The summed E-state index contributed by atoms with van der Waals surface area (Å²) in [7, 11) is 0. The Morgan fingerprint density at radius 3 is 3.05 bits per heavy atom. The van der Waals surface area contributed by atoms with Crippen molar-refractivity contribution in [3.8, 4) is 0 Å². The van der Waals surface area contributed by atoms with Crippen LogP contribution in [0.3, 0.4) is 0 Å². The van der Waals surface area contributed by atoms with Crippen molar-refractivity contribution in [2.24, 2.45) is 0 Å². The number of likely N-dealkylation sites (tertiary alicyclic amines) is 1. The lowest BCUT2D eigenvalue weighted by Crippen LogP contribution is -2.38. The van der Waals surface area contributed by atoms with Gasteiger partial charge in [0.15, 0.2) is 0 Å². The number of nitrogens with one attached hydrogen (secondary N) is 2. The fourth-order valence-corrected chi connectivity index (χ4v) is 3.00. The van der Waals surface area contributed by atoms with E-state index >= 15 is 0 Å². The van der Waals surface area contributed by atoms with Crippen LogP contribution < -0.4 is 10.6 Å². The molecule has 0 aromatic carbocycles. The topological polar surface area (TPSA) is 61.4 Å². The first-order valence-electron chi connectivity index (χ1n) is 7.02. The lowest BCUT2D eigenvalue weighted by atomic mass is 10.3. The SMILES string of the molecule is CC(NC(=O)NCCCN1CCCC1=O)c1cccs1. The van der Waals surface area contributed by atoms with E-state index in [1.165, 1.54) is 0 Å². The summed E-state index contributed by atoms with van der Waals surface area (Å²) in [5, 5.41) is 7.73. The van der Waals surface area contributed by atoms with Gasteiger partial charge < -0.3 is 15.5 Å². The van der Waals surface area contributed by atoms with Crippen molar-refractivity contribution in [3.63, 3.8) is 0 Å². The third kappa shape index (κ3) is 4.23. The fraction of sp³-hybridized carbons (Fsp3) is 0.571. The van der Waals surface area contributed by atoms with E-state index in [1.807, 2.05) is 29.3 Å². The molecule has 5 nitrogen and oxygen atoms in total. The number of rotatable bonds is 6. The van der Waals surface area contributed by atoms with Crippen LogP contribution >= 0.6 is 11.3 Å². The first-order valence-corrected chi connectivity index (χ1v) is 7.90. The van der Waals surface area contributed by atoms with E-state index in [0.29, 0.717) is 13.0 Å². The lowest BCUT2D eigenvalue weighted by Gasteiger charge is -2.16. The van der Waals surface area contributed by atoms with Crippen LogP contribution in [0.1, 0.15) is 37.1 Å². The predicted octanol–water partition coefficient (Wildman–Crippen LogP) is 2.12. The maximum absolute atomic E-state index is 11.7. The third-order valence-corrected chi connectivity index (χ3v) is 4.43. The number of urea groups is 1. The van der Waals surface area contributed by atoms with Gasteiger partial charge in [-0.1, -0.05) is 6.07 Å². The molecule has 2 N–H and O–H groups in total. The van der Waals surface area contributed by atoms with Crippen LogP contribution in [-0.4, -0.2) is 36.5 Å². The quantitative estimate of drug-likeness (QED) is 0.790. The molecule has 0 aliphatic carbocycles. The van der Waals surface area contributed by atoms with Gasteiger partial charge in [0.1, 0.15) is 0 Å². The number of hydrogen-bond acceptors (Lipinski definition) is 3. The summed E-state index contributed by atoms with van der Waals surface area (Å²) >= 11 is 1.63. The van der Waals surface area contributed by atoms with Crippen molar-refractivity contribution < 1.29 is 9.59 Å². The molecule has 0 bridgehead atoms. The van der Waals surface area contributed by atoms with Gasteiger partial charge in [0, 0.05) is 30.9 Å². The molecule has 1 aliphatic heterocycles. The van der Waals surface area contributed by atoms with Gasteiger partial charge in [-0.3, -0.25) is 4.79 Å². The van der Waals surface area contributed by atoms with Gasteiger partial charge in [-0.25, -0.2) is 4.79 Å². The standard InChI is InChI=1S/C14H21N3O2S/c1-11(12-5-3-10-20-12)16-14(19)15-7-4-9-17-8-2-6-13(17)18/h3,5,10-11H,2,4,6-9H2,1H3,(H2,15,16,19). The van der Waals surface area contributed by atoms with Gasteiger partial charge in [-0.05, 0) is 31.2 Å². The van der Waals surface area contributed by atoms with Crippen LogP contribution in [0, 0.1) is 0 Å². The smallest absolute Gasteiger partial charge is 0.315 e. The molecule has 1 fully saturated rings. The molecule has 1 aliphatic rings. The second-order valence-corrected chi connectivity index (χ2v) is 5.95. The van der Waals surface area contributed by atoms with Crippen LogP contribution in [0.2, 0.25) is 0 Å². The predicted molar refractivity (Wildman–Crippen MR) is 79.7 cm³/mol. The average molecular weight is 295 g/mol. The second-order valence-electron chi connectivity index (χ2n) is 4.98. The molecular formula is C14H21N3O2S. The minimum Gasteiger partial charge on any atom is -0.343 e. The molecule has 2 rings (SSSR count). The molecule has 1 aromatic rings. The van der Waals surface area contributed by atoms with Gasteiger partial charge in [-0.2, -0.15) is 0 Å². The summed E-state index contributed by atoms with van der Waals surface area (Å²) in [5.41, 5.74) is 0. The number of hydrogen-bond donors (Lipinski definition) is 2. The second kappa shape index (κ2) is 7.28. The minimum absolute atomic E-state index is 0.0233. The lowest BCUT2D eigenvalue weighted by molar-refractivity contribution is -0.127. The zero-order valence-corrected chi connectivity index (χ0v) is 12.5. The first-order chi connectivity index (χ1) is 9.66. The number of carbonyl (C=O) groups is 2. The third-order valence-electron chi connectivity index (χ3n) is 3.38. The molecule has 3 amide bonds. The number of nitrogens with zero attached hydrogens (tertiary/aromatic N) is 1. The molecule has 1 saturated heterocycles. The van der Waals surface area contributed by atoms with Crippen molar-refractivity contribution in [3.05, 3.63) is 22.4 Å². The van der Waals surface area contributed by atoms with E-state index in [2.05, 4.69) is 10.6 Å². The van der Waals surface area contributed by atoms with Crippen LogP contribution in [0.5, 0.6) is 0 Å². The number of carbonyl (C=O) groups excluding carboxylic acids is 2. The summed E-state index contributed by atoms with van der Waals surface area (Å²) in [6.45, 7) is 4.15. The Kier molecular flexibility index (Phi) is 5.40. The Morgan fingerprint density at radius 2 is 2.40 bits per heavy atom. The van der Waals surface area contributed by atoms with Crippen LogP contribution in [-0.2, 0) is 4.79 Å². The van der Waals surface area contributed by atoms with Crippen LogP contribution in [0.15, 0.2) is 17.5 Å². The molecule has 20 heavy (non-hydrogen) atoms. The molecule has 1 unspecified atom stereocenters. The molecule has 2 heterocycles. The maximum Gasteiger partial charge on any atom is 0.315 e. The first kappa shape index (κ1) is 14.8. The summed E-state index contributed by atoms with van der Waals surface area (Å²) in [6, 6.07) is 3.85. The summed E-state index contributed by atoms with van der Waals surface area (Å²) in [4.78, 5) is 26.1. The summed E-state index contributed by atoms with van der Waals surface area (Å²) in [5.74, 6) is 0.237. The van der Waals surface area contributed by atoms with Gasteiger partial charge >= 0.3 is 6.03 Å². The Morgan fingerprint density at radius 1 is 1.55 bits per heavy atom. The highest BCUT2D eigenvalue weighted by Gasteiger charge is 2.19. The normalized spacial score (nSPS) is 16.2. The largest absolute Gasteiger partial charge is 0.343 e. The highest BCUT2D eigenvalue weighted by molar-refractivity contribution is 7.10. The van der Waals surface area contributed by atoms with Crippen LogP contribution in [0.25, 0.3) is 0 Å². The minimum atomic E-state index is -0.154. The van der Waals surface area contributed by atoms with Crippen molar-refractivity contribution >= 4 is 23.3 Å². The average Bonchev–Trinajstić information content (AvgIpc) is 3.06. The molecule has 6 heteroatoms. The van der Waals surface area contributed by atoms with Gasteiger partial charge in [-0.15, -0.1) is 11.3 Å². The van der Waals surface area contributed by atoms with E-state index in [4.69, 9.17) is 0 Å². The van der Waals surface area contributed by atoms with Crippen molar-refractivity contribution in [2.75, 3.05) is 19.6 Å². The fourth-order valence-electron chi connectivity index (χ4n) is 2.27. The molecular weight excluding hydrogens is 274 g/mol. The van der Waals surface area contributed by atoms with Crippen molar-refractivity contribution in [2.45, 2.75) is 32.2 Å². The Bertz CT molecular complexity index is 447. The highest BCUT2D eigenvalue weighted by atomic mass is 32.1.